The van der Waals surface area contributed by atoms with Crippen molar-refractivity contribution in [2.75, 3.05) is 26.2 Å². The first-order chi connectivity index (χ1) is 11.3. The van der Waals surface area contributed by atoms with Crippen LogP contribution in [0.4, 0.5) is 0 Å². The van der Waals surface area contributed by atoms with Gasteiger partial charge in [0.2, 0.25) is 5.91 Å². The lowest BCUT2D eigenvalue weighted by molar-refractivity contribution is -0.124. The van der Waals surface area contributed by atoms with Gasteiger partial charge in [-0.1, -0.05) is 23.7 Å². The van der Waals surface area contributed by atoms with Gasteiger partial charge >= 0.3 is 0 Å². The molecule has 0 aromatic heterocycles. The molecule has 1 atom stereocenters. The van der Waals surface area contributed by atoms with E-state index in [1.165, 1.54) is 0 Å². The van der Waals surface area contributed by atoms with E-state index in [2.05, 4.69) is 24.1 Å². The van der Waals surface area contributed by atoms with Crippen LogP contribution in [-0.2, 0) is 9.53 Å². The number of nitrogens with one attached hydrogen (secondary N) is 1. The van der Waals surface area contributed by atoms with Crippen LogP contribution in [-0.4, -0.2) is 48.2 Å². The molecule has 3 N–H and O–H groups in total. The van der Waals surface area contributed by atoms with Crippen molar-refractivity contribution >= 4 is 42.3 Å². The van der Waals surface area contributed by atoms with Gasteiger partial charge in [-0.25, -0.2) is 0 Å². The summed E-state index contributed by atoms with van der Waals surface area (Å²) >= 11 is 6.02. The molecule has 0 spiro atoms. The number of ether oxygens (including phenoxy) is 1. The summed E-state index contributed by atoms with van der Waals surface area (Å²) in [6.07, 6.45) is 1.55. The van der Waals surface area contributed by atoms with E-state index >= 15 is 0 Å². The van der Waals surface area contributed by atoms with Gasteiger partial charge in [-0.15, -0.1) is 24.8 Å². The molecule has 1 aliphatic heterocycles. The molecule has 1 unspecified atom stereocenters. The summed E-state index contributed by atoms with van der Waals surface area (Å²) in [5.41, 5.74) is 6.29. The Kier molecular flexibility index (Phi) is 8.21. The van der Waals surface area contributed by atoms with Crippen LogP contribution in [0.3, 0.4) is 0 Å². The first-order valence-corrected chi connectivity index (χ1v) is 8.88. The zero-order chi connectivity index (χ0) is 17.4. The molecule has 26 heavy (non-hydrogen) atoms. The number of carbonyl (C=O) groups excluding carboxylic acids is 1. The van der Waals surface area contributed by atoms with Crippen LogP contribution in [0, 0.1) is 0 Å². The SMILES string of the molecule is CC1(C)CN(C(CNC(=O)C2(N)CC2)c2ccc(Cl)cc2)CCO1.Cl.Cl. The van der Waals surface area contributed by atoms with Gasteiger partial charge in [-0.3, -0.25) is 9.69 Å². The molecule has 1 aliphatic carbocycles. The van der Waals surface area contributed by atoms with Crippen LogP contribution in [0.5, 0.6) is 0 Å². The minimum Gasteiger partial charge on any atom is -0.373 e. The Morgan fingerprint density at radius 3 is 2.46 bits per heavy atom. The smallest absolute Gasteiger partial charge is 0.240 e. The van der Waals surface area contributed by atoms with Gasteiger partial charge in [0.15, 0.2) is 0 Å². The third kappa shape index (κ3) is 5.72. The predicted molar refractivity (Wildman–Crippen MR) is 109 cm³/mol. The molecule has 1 saturated carbocycles. The number of hydrogen-bond acceptors (Lipinski definition) is 4. The highest BCUT2D eigenvalue weighted by Crippen LogP contribution is 2.33. The molecule has 1 heterocycles. The monoisotopic (exact) mass is 423 g/mol. The number of nitrogens with two attached hydrogens (primary N) is 1. The molecule has 5 nitrogen and oxygen atoms in total. The number of carbonyl (C=O) groups is 1. The largest absolute Gasteiger partial charge is 0.373 e. The van der Waals surface area contributed by atoms with E-state index < -0.39 is 5.54 Å². The van der Waals surface area contributed by atoms with Gasteiger partial charge in [-0.05, 0) is 44.4 Å². The Labute approximate surface area is 172 Å². The van der Waals surface area contributed by atoms with Crippen molar-refractivity contribution < 1.29 is 9.53 Å². The second-order valence-electron chi connectivity index (χ2n) is 7.51. The van der Waals surface area contributed by atoms with Crippen molar-refractivity contribution in [3.8, 4) is 0 Å². The third-order valence-electron chi connectivity index (χ3n) is 4.85. The Hall–Kier alpha value is -0.560. The number of nitrogens with zero attached hydrogens (tertiary/aromatic N) is 1. The molecule has 1 amide bonds. The normalized spacial score (nSPS) is 21.7. The average Bonchev–Trinajstić information content (AvgIpc) is 3.27. The zero-order valence-corrected chi connectivity index (χ0v) is 17.6. The highest BCUT2D eigenvalue weighted by molar-refractivity contribution is 6.30. The molecular formula is C18H28Cl3N3O2. The Bertz CT molecular complexity index is 606. The third-order valence-corrected chi connectivity index (χ3v) is 5.10. The fourth-order valence-electron chi connectivity index (χ4n) is 3.19. The molecule has 2 fully saturated rings. The van der Waals surface area contributed by atoms with Crippen molar-refractivity contribution in [1.82, 2.24) is 10.2 Å². The van der Waals surface area contributed by atoms with Gasteiger partial charge in [0.1, 0.15) is 0 Å². The number of amides is 1. The van der Waals surface area contributed by atoms with Crippen molar-refractivity contribution in [3.05, 3.63) is 34.9 Å². The molecule has 0 bridgehead atoms. The minimum absolute atomic E-state index is 0. The summed E-state index contributed by atoms with van der Waals surface area (Å²) in [7, 11) is 0. The van der Waals surface area contributed by atoms with Crippen LogP contribution in [0.1, 0.15) is 38.3 Å². The summed E-state index contributed by atoms with van der Waals surface area (Å²) in [6.45, 7) is 7.05. The van der Waals surface area contributed by atoms with E-state index in [-0.39, 0.29) is 42.4 Å². The number of benzene rings is 1. The van der Waals surface area contributed by atoms with Gasteiger partial charge in [0, 0.05) is 24.7 Å². The van der Waals surface area contributed by atoms with Crippen LogP contribution in [0.2, 0.25) is 5.02 Å². The number of hydrogen-bond donors (Lipinski definition) is 2. The summed E-state index contributed by atoms with van der Waals surface area (Å²) < 4.78 is 5.82. The fraction of sp³-hybridized carbons (Fsp3) is 0.611. The maximum Gasteiger partial charge on any atom is 0.240 e. The van der Waals surface area contributed by atoms with Crippen molar-refractivity contribution in [1.29, 1.82) is 0 Å². The summed E-state index contributed by atoms with van der Waals surface area (Å²) in [4.78, 5) is 14.6. The van der Waals surface area contributed by atoms with E-state index in [0.29, 0.717) is 18.2 Å². The first kappa shape index (κ1) is 23.5. The maximum atomic E-state index is 12.2. The average molecular weight is 425 g/mol. The topological polar surface area (TPSA) is 67.6 Å². The Balaban J connectivity index is 0.00000169. The van der Waals surface area contributed by atoms with E-state index in [9.17, 15) is 4.79 Å². The van der Waals surface area contributed by atoms with E-state index in [1.54, 1.807) is 0 Å². The van der Waals surface area contributed by atoms with E-state index in [1.807, 2.05) is 24.3 Å². The standard InChI is InChI=1S/C18H26ClN3O2.2ClH/c1-17(2)12-22(9-10-24-17)15(13-3-5-14(19)6-4-13)11-21-16(23)18(20)7-8-18;;/h3-6,15H,7-12,20H2,1-2H3,(H,21,23);2*1H. The number of morpholine rings is 1. The molecule has 1 aromatic carbocycles. The molecule has 1 aromatic rings. The fourth-order valence-corrected chi connectivity index (χ4v) is 3.31. The van der Waals surface area contributed by atoms with Crippen LogP contribution < -0.4 is 11.1 Å². The summed E-state index contributed by atoms with van der Waals surface area (Å²) in [5, 5.41) is 3.75. The Morgan fingerprint density at radius 2 is 1.92 bits per heavy atom. The summed E-state index contributed by atoms with van der Waals surface area (Å²) in [5.74, 6) is -0.0472. The molecule has 0 radical (unpaired) electrons. The van der Waals surface area contributed by atoms with Crippen LogP contribution in [0.25, 0.3) is 0 Å². The minimum atomic E-state index is -0.644. The van der Waals surface area contributed by atoms with Gasteiger partial charge in [0.05, 0.1) is 23.8 Å². The summed E-state index contributed by atoms with van der Waals surface area (Å²) in [6, 6.07) is 7.91. The molecule has 2 aliphatic rings. The second-order valence-corrected chi connectivity index (χ2v) is 7.95. The highest BCUT2D eigenvalue weighted by Gasteiger charge is 2.46. The predicted octanol–water partition coefficient (Wildman–Crippen LogP) is 2.94. The van der Waals surface area contributed by atoms with Crippen LogP contribution >= 0.6 is 36.4 Å². The molecule has 8 heteroatoms. The lowest BCUT2D eigenvalue weighted by Crippen LogP contribution is -2.52. The quantitative estimate of drug-likeness (QED) is 0.762. The zero-order valence-electron chi connectivity index (χ0n) is 15.2. The van der Waals surface area contributed by atoms with Crippen LogP contribution in [0.15, 0.2) is 24.3 Å². The number of halogens is 3. The lowest BCUT2D eigenvalue weighted by atomic mass is 10.0. The van der Waals surface area contributed by atoms with Gasteiger partial charge in [-0.2, -0.15) is 0 Å². The van der Waals surface area contributed by atoms with Gasteiger partial charge in [0.25, 0.3) is 0 Å². The Morgan fingerprint density at radius 1 is 1.31 bits per heavy atom. The van der Waals surface area contributed by atoms with E-state index in [4.69, 9.17) is 22.1 Å². The molecular weight excluding hydrogens is 397 g/mol. The second kappa shape index (κ2) is 9.09. The lowest BCUT2D eigenvalue weighted by Gasteiger charge is -2.42. The van der Waals surface area contributed by atoms with E-state index in [0.717, 1.165) is 31.5 Å². The van der Waals surface area contributed by atoms with Gasteiger partial charge < -0.3 is 15.8 Å². The molecule has 3 rings (SSSR count). The number of rotatable bonds is 5. The van der Waals surface area contributed by atoms with Crippen molar-refractivity contribution in [3.63, 3.8) is 0 Å². The molecule has 1 saturated heterocycles. The molecule has 148 valence electrons. The highest BCUT2D eigenvalue weighted by atomic mass is 35.5. The van der Waals surface area contributed by atoms with Crippen molar-refractivity contribution in [2.45, 2.75) is 43.9 Å². The first-order valence-electron chi connectivity index (χ1n) is 8.50. The maximum absolute atomic E-state index is 12.2. The van der Waals surface area contributed by atoms with Crippen molar-refractivity contribution in [2.24, 2.45) is 5.73 Å².